The highest BCUT2D eigenvalue weighted by Gasteiger charge is 2.51. The van der Waals surface area contributed by atoms with Crippen molar-refractivity contribution < 1.29 is 45.7 Å². The number of aliphatic hydroxyl groups is 3. The molecule has 0 bridgehead atoms. The fourth-order valence-corrected chi connectivity index (χ4v) is 19.8. The number of nitrogen functional groups attached to an aromatic ring is 3. The molecule has 80 heavy (non-hydrogen) atoms. The van der Waals surface area contributed by atoms with Gasteiger partial charge in [0.25, 0.3) is 0 Å². The van der Waals surface area contributed by atoms with Gasteiger partial charge in [-0.1, -0.05) is 128 Å². The third-order valence-corrected chi connectivity index (χ3v) is 24.2. The number of unbranched alkanes of at least 4 members (excludes halogenated alkanes) is 2. The number of fused-ring (bicyclic) bond motifs is 3. The summed E-state index contributed by atoms with van der Waals surface area (Å²) >= 11 is 0. The normalized spacial score (nSPS) is 27.4. The van der Waals surface area contributed by atoms with Crippen molar-refractivity contribution in [3.8, 4) is 5.75 Å². The second-order valence-corrected chi connectivity index (χ2v) is 29.2. The summed E-state index contributed by atoms with van der Waals surface area (Å²) in [5.41, 5.74) is 23.4. The fraction of sp³-hybridized carbons (Fsp3) is 0.438. The number of nitrogens with two attached hydrogens (primary N) is 3. The maximum Gasteiger partial charge on any atom is 0.179 e. The van der Waals surface area contributed by atoms with E-state index in [9.17, 15) is 45.7 Å². The lowest BCUT2D eigenvalue weighted by Crippen LogP contribution is -2.42. The number of hydrogen-bond donors (Lipinski definition) is 7. The molecule has 9 atom stereocenters. The van der Waals surface area contributed by atoms with Crippen molar-refractivity contribution in [3.63, 3.8) is 0 Å². The van der Waals surface area contributed by atoms with Gasteiger partial charge in [0.1, 0.15) is 5.75 Å². The van der Waals surface area contributed by atoms with Crippen LogP contribution in [0.2, 0.25) is 0 Å². The van der Waals surface area contributed by atoms with Gasteiger partial charge in [0.15, 0.2) is 29.5 Å². The molecule has 1 unspecified atom stereocenters. The molecule has 0 radical (unpaired) electrons. The van der Waals surface area contributed by atoms with E-state index in [2.05, 4.69) is 13.8 Å². The van der Waals surface area contributed by atoms with Gasteiger partial charge in [0.2, 0.25) is 0 Å². The minimum atomic E-state index is -3.69. The van der Waals surface area contributed by atoms with Crippen LogP contribution < -0.4 is 17.2 Å². The van der Waals surface area contributed by atoms with Crippen LogP contribution >= 0.6 is 0 Å². The molecule has 3 aliphatic rings. The predicted octanol–water partition coefficient (Wildman–Crippen LogP) is 10.8. The number of hydrogen-bond acceptors (Lipinski definition) is 13. The highest BCUT2D eigenvalue weighted by molar-refractivity contribution is 7.92. The summed E-state index contributed by atoms with van der Waals surface area (Å²) in [6.45, 7) is 11.8. The molecule has 13 nitrogen and oxygen atoms in total. The van der Waals surface area contributed by atoms with Crippen LogP contribution in [-0.4, -0.2) is 81.2 Å². The highest BCUT2D eigenvalue weighted by atomic mass is 32.2. The minimum Gasteiger partial charge on any atom is -0.508 e. The molecule has 0 saturated carbocycles. The lowest BCUT2D eigenvalue weighted by Gasteiger charge is -2.39. The van der Waals surface area contributed by atoms with E-state index >= 15 is 0 Å². The van der Waals surface area contributed by atoms with Crippen LogP contribution in [0.4, 0.5) is 17.1 Å². The maximum absolute atomic E-state index is 13.8. The predicted molar refractivity (Wildman–Crippen MR) is 319 cm³/mol. The number of sulfone groups is 3. The maximum atomic E-state index is 13.8. The Bertz CT molecular complexity index is 3520. The zero-order chi connectivity index (χ0) is 58.2. The molecular weight excluding hydrogens is 1070 g/mol. The zero-order valence-corrected chi connectivity index (χ0v) is 49.4. The van der Waals surface area contributed by atoms with Crippen LogP contribution in [0, 0.1) is 16.2 Å². The van der Waals surface area contributed by atoms with Crippen LogP contribution in [0.5, 0.6) is 5.75 Å². The molecule has 10 N–H and O–H groups in total. The summed E-state index contributed by atoms with van der Waals surface area (Å²) in [6.07, 6.45) is 4.19. The van der Waals surface area contributed by atoms with Gasteiger partial charge in [-0.2, -0.15) is 0 Å². The van der Waals surface area contributed by atoms with Gasteiger partial charge in [-0.3, -0.25) is 0 Å². The molecule has 3 heterocycles. The van der Waals surface area contributed by atoms with Gasteiger partial charge in [-0.05, 0) is 150 Å². The van der Waals surface area contributed by atoms with E-state index in [-0.39, 0.29) is 37.7 Å². The SMILES string of the molecule is CCCC[C@@]1(CC)CS(=O)(=O)c2ccc(N)cc2[C@@H](c2ccc(O)cc2)[C@H]1O.CCCC[C@]1(CC)CS(=O)(=O)c2ccc(N)cc2C(c2ccc(Cc3ccc([C@@H]4c5cc(N)ccc5S(=O)(=O)C[C@@](C)(CC)[C@@H]4O)cc3)cc2)[C@@H]1O. The molecule has 9 rings (SSSR count). The Morgan fingerprint density at radius 3 is 1.10 bits per heavy atom. The van der Waals surface area contributed by atoms with Crippen molar-refractivity contribution >= 4 is 46.6 Å². The van der Waals surface area contributed by atoms with E-state index in [0.29, 0.717) is 72.3 Å². The fourth-order valence-electron chi connectivity index (χ4n) is 13.1. The van der Waals surface area contributed by atoms with Gasteiger partial charge in [-0.15, -0.1) is 0 Å². The van der Waals surface area contributed by atoms with Crippen molar-refractivity contribution in [1.29, 1.82) is 0 Å². The second-order valence-electron chi connectivity index (χ2n) is 23.3. The van der Waals surface area contributed by atoms with Crippen molar-refractivity contribution in [2.24, 2.45) is 16.2 Å². The summed E-state index contributed by atoms with van der Waals surface area (Å²) in [5, 5.41) is 45.3. The first-order valence-electron chi connectivity index (χ1n) is 28.2. The van der Waals surface area contributed by atoms with Crippen LogP contribution in [0.3, 0.4) is 0 Å². The molecule has 0 aliphatic carbocycles. The number of phenols is 1. The van der Waals surface area contributed by atoms with E-state index in [1.54, 1.807) is 78.9 Å². The van der Waals surface area contributed by atoms with Crippen LogP contribution in [0.25, 0.3) is 0 Å². The molecule has 0 amide bonds. The van der Waals surface area contributed by atoms with Crippen molar-refractivity contribution in [2.75, 3.05) is 34.5 Å². The van der Waals surface area contributed by atoms with Crippen LogP contribution in [0.1, 0.15) is 162 Å². The van der Waals surface area contributed by atoms with E-state index < -0.39 is 81.8 Å². The molecular formula is C64H81N3O10S3. The number of benzene rings is 6. The van der Waals surface area contributed by atoms with E-state index in [1.807, 2.05) is 76.2 Å². The average Bonchev–Trinajstić information content (AvgIpc) is 3.58. The Morgan fingerprint density at radius 1 is 0.450 bits per heavy atom. The number of phenolic OH excluding ortho intramolecular Hbond substituents is 1. The van der Waals surface area contributed by atoms with Gasteiger partial charge in [-0.25, -0.2) is 25.3 Å². The third kappa shape index (κ3) is 11.8. The zero-order valence-electron chi connectivity index (χ0n) is 47.0. The molecule has 0 spiro atoms. The van der Waals surface area contributed by atoms with Crippen LogP contribution in [0.15, 0.2) is 142 Å². The Morgan fingerprint density at radius 2 is 0.775 bits per heavy atom. The van der Waals surface area contributed by atoms with E-state index in [0.717, 1.165) is 53.5 Å². The standard InChI is InChI=1S/C42H52N2O6S2.C22H29NO4S/c1-5-8-21-42(7-3)26-52(49,50)36-20-18-32(44)24-34(36)38(40(42)46)30-15-11-28(12-16-30)22-27-9-13-29(14-10-27)37-33-23-31(43)17-19-35(33)51(47,48)25-41(4,6-2)39(37)45;1-3-5-12-22(4-2)14-28(26,27)19-11-8-16(23)13-18(19)20(21(22)25)15-6-9-17(24)10-7-15/h9-20,23-24,37-40,45-46H,5-8,21-22,25-26,43-44H2,1-4H3;6-11,13,20-21,24-25H,3-5,12,14,23H2,1-2H3/t37-,38?,39-,40+,41-,42-;20-,21-,22+/m11/s1. The largest absolute Gasteiger partial charge is 0.508 e. The molecule has 430 valence electrons. The van der Waals surface area contributed by atoms with Crippen molar-refractivity contribution in [2.45, 2.75) is 157 Å². The molecule has 16 heteroatoms. The molecule has 0 fully saturated rings. The number of anilines is 3. The minimum absolute atomic E-state index is 0.0802. The van der Waals surface area contributed by atoms with Gasteiger partial charge in [0, 0.05) is 51.1 Å². The summed E-state index contributed by atoms with van der Waals surface area (Å²) in [4.78, 5) is 0.698. The molecule has 0 saturated heterocycles. The highest BCUT2D eigenvalue weighted by Crippen LogP contribution is 2.52. The second kappa shape index (κ2) is 23.6. The Labute approximate surface area is 474 Å². The van der Waals surface area contributed by atoms with Crippen molar-refractivity contribution in [3.05, 3.63) is 172 Å². The van der Waals surface area contributed by atoms with Gasteiger partial charge in [0.05, 0.1) is 50.3 Å². The Hall–Kier alpha value is -5.75. The summed E-state index contributed by atoms with van der Waals surface area (Å²) in [7, 11) is -10.9. The lowest BCUT2D eigenvalue weighted by atomic mass is 9.69. The first-order chi connectivity index (χ1) is 37.8. The van der Waals surface area contributed by atoms with Gasteiger partial charge < -0.3 is 37.6 Å². The average molecular weight is 1150 g/mol. The first-order valence-corrected chi connectivity index (χ1v) is 33.1. The van der Waals surface area contributed by atoms with Crippen molar-refractivity contribution in [1.82, 2.24) is 0 Å². The number of aliphatic hydroxyl groups excluding tert-OH is 3. The summed E-state index contributed by atoms with van der Waals surface area (Å²) in [6, 6.07) is 37.1. The smallest absolute Gasteiger partial charge is 0.179 e. The first kappa shape index (κ1) is 60.3. The number of rotatable bonds is 14. The monoisotopic (exact) mass is 1150 g/mol. The Kier molecular flexibility index (Phi) is 17.8. The summed E-state index contributed by atoms with van der Waals surface area (Å²) in [5.74, 6) is -1.89. The molecule has 6 aromatic rings. The van der Waals surface area contributed by atoms with Crippen LogP contribution in [-0.2, 0) is 35.9 Å². The Balaban J connectivity index is 0.000000253. The number of aromatic hydroxyl groups is 1. The quantitative estimate of drug-likeness (QED) is 0.0501. The third-order valence-electron chi connectivity index (χ3n) is 18.1. The van der Waals surface area contributed by atoms with E-state index in [1.165, 1.54) is 0 Å². The summed E-state index contributed by atoms with van der Waals surface area (Å²) < 4.78 is 81.3. The van der Waals surface area contributed by atoms with Gasteiger partial charge >= 0.3 is 0 Å². The lowest BCUT2D eigenvalue weighted by molar-refractivity contribution is 0.0173. The molecule has 0 aromatic heterocycles. The van der Waals surface area contributed by atoms with E-state index in [4.69, 9.17) is 17.2 Å². The molecule has 6 aromatic carbocycles. The topological polar surface area (TPSA) is 261 Å². The molecule has 3 aliphatic heterocycles.